The van der Waals surface area contributed by atoms with E-state index in [1.165, 1.54) is 0 Å². The molecule has 1 rings (SSSR count). The maximum Gasteiger partial charge on any atom is 0.0388 e. The van der Waals surface area contributed by atoms with Crippen molar-refractivity contribution in [2.45, 2.75) is 59.3 Å². The first-order chi connectivity index (χ1) is 7.36. The molecule has 0 bridgehead atoms. The fraction of sp³-hybridized carbons (Fsp3) is 0.600. The molecule has 0 spiro atoms. The highest BCUT2D eigenvalue weighted by molar-refractivity contribution is 6.33. The van der Waals surface area contributed by atoms with Gasteiger partial charge in [-0.15, -0.1) is 0 Å². The van der Waals surface area contributed by atoms with Crippen LogP contribution in [0.1, 0.15) is 76.0 Å². The van der Waals surface area contributed by atoms with Crippen molar-refractivity contribution in [1.29, 1.82) is 0 Å². The minimum Gasteiger partial charge on any atom is -0.0671 e. The van der Waals surface area contributed by atoms with E-state index in [0.29, 0.717) is 17.8 Å². The summed E-state index contributed by atoms with van der Waals surface area (Å²) in [6, 6.07) is 4.71. The molecule has 0 saturated carbocycles. The zero-order valence-electron chi connectivity index (χ0n) is 11.9. The van der Waals surface area contributed by atoms with Crippen molar-refractivity contribution >= 4 is 15.4 Å². The van der Waals surface area contributed by atoms with Crippen LogP contribution in [0.5, 0.6) is 0 Å². The van der Waals surface area contributed by atoms with E-state index in [-0.39, 0.29) is 0 Å². The molecule has 0 saturated heterocycles. The Morgan fingerprint density at radius 3 is 1.62 bits per heavy atom. The first-order valence-electron chi connectivity index (χ1n) is 6.49. The molecule has 0 aliphatic carbocycles. The van der Waals surface area contributed by atoms with Crippen molar-refractivity contribution in [3.8, 4) is 0 Å². The van der Waals surface area contributed by atoms with Gasteiger partial charge in [0, 0.05) is 10.2 Å². The van der Waals surface area contributed by atoms with Gasteiger partial charge in [-0.05, 0) is 34.4 Å². The number of benzene rings is 1. The molecular weight excluding hydrogens is 208 g/mol. The van der Waals surface area contributed by atoms with E-state index in [0.717, 1.165) is 10.2 Å². The van der Waals surface area contributed by atoms with Crippen molar-refractivity contribution < 1.29 is 0 Å². The molecule has 16 heavy (non-hydrogen) atoms. The van der Waals surface area contributed by atoms with Crippen molar-refractivity contribution in [3.63, 3.8) is 0 Å². The third kappa shape index (κ3) is 2.57. The summed E-state index contributed by atoms with van der Waals surface area (Å²) in [5.74, 6) is 1.93. The molecule has 0 atom stereocenters. The Bertz CT molecular complexity index is 362. The number of hydrogen-bond acceptors (Lipinski definition) is 0. The monoisotopic (exact) mass is 234 g/mol. The highest BCUT2D eigenvalue weighted by Gasteiger charge is 2.17. The minimum atomic E-state index is 0.636. The minimum absolute atomic E-state index is 0.636. The van der Waals surface area contributed by atoms with E-state index in [9.17, 15) is 0 Å². The van der Waals surface area contributed by atoms with E-state index < -0.39 is 0 Å². The van der Waals surface area contributed by atoms with Gasteiger partial charge >= 0.3 is 0 Å². The standard InChI is InChI=1S/C15H26Si/c1-9(2)12-7-8-13(16)15(11(5)6)14(12)10(3)4/h7-11H,1-6,16H3. The fourth-order valence-electron chi connectivity index (χ4n) is 2.68. The third-order valence-corrected chi connectivity index (χ3v) is 4.19. The van der Waals surface area contributed by atoms with E-state index in [1.807, 2.05) is 0 Å². The molecule has 90 valence electrons. The van der Waals surface area contributed by atoms with E-state index >= 15 is 0 Å². The van der Waals surface area contributed by atoms with Crippen LogP contribution in [0.25, 0.3) is 0 Å². The van der Waals surface area contributed by atoms with E-state index in [2.05, 4.69) is 53.7 Å². The lowest BCUT2D eigenvalue weighted by Crippen LogP contribution is -2.18. The lowest BCUT2D eigenvalue weighted by molar-refractivity contribution is 0.752. The van der Waals surface area contributed by atoms with Crippen LogP contribution in [-0.4, -0.2) is 10.2 Å². The predicted molar refractivity (Wildman–Crippen MR) is 78.3 cm³/mol. The predicted octanol–water partition coefficient (Wildman–Crippen LogP) is 3.05. The van der Waals surface area contributed by atoms with Gasteiger partial charge in [-0.2, -0.15) is 0 Å². The van der Waals surface area contributed by atoms with Crippen molar-refractivity contribution in [3.05, 3.63) is 28.8 Å². The zero-order chi connectivity index (χ0) is 12.5. The molecule has 0 nitrogen and oxygen atoms in total. The molecule has 0 aliphatic rings. The summed E-state index contributed by atoms with van der Waals surface area (Å²) in [6.45, 7) is 13.9. The summed E-state index contributed by atoms with van der Waals surface area (Å²) in [6.07, 6.45) is 0. The second kappa shape index (κ2) is 5.18. The Kier molecular flexibility index (Phi) is 4.37. The summed E-state index contributed by atoms with van der Waals surface area (Å²) in [7, 11) is 1.16. The van der Waals surface area contributed by atoms with Gasteiger partial charge in [-0.1, -0.05) is 58.9 Å². The lowest BCUT2D eigenvalue weighted by Gasteiger charge is -2.24. The summed E-state index contributed by atoms with van der Waals surface area (Å²) in [5, 5.41) is 1.59. The van der Waals surface area contributed by atoms with Gasteiger partial charge < -0.3 is 0 Å². The molecule has 0 aliphatic heterocycles. The Morgan fingerprint density at radius 2 is 1.25 bits per heavy atom. The largest absolute Gasteiger partial charge is 0.0671 e. The molecular formula is C15H26Si. The number of hydrogen-bond donors (Lipinski definition) is 0. The molecule has 0 aromatic heterocycles. The van der Waals surface area contributed by atoms with Gasteiger partial charge in [0.25, 0.3) is 0 Å². The SMILES string of the molecule is CC(C)c1ccc([SiH3])c(C(C)C)c1C(C)C. The molecule has 0 amide bonds. The third-order valence-electron chi connectivity index (χ3n) is 3.32. The van der Waals surface area contributed by atoms with Crippen LogP contribution in [-0.2, 0) is 0 Å². The molecule has 1 heteroatoms. The molecule has 1 aromatic rings. The maximum absolute atomic E-state index is 2.36. The zero-order valence-corrected chi connectivity index (χ0v) is 13.9. The molecule has 0 N–H and O–H groups in total. The van der Waals surface area contributed by atoms with Gasteiger partial charge in [-0.25, -0.2) is 0 Å². The maximum atomic E-state index is 2.36. The molecule has 1 aromatic carbocycles. The van der Waals surface area contributed by atoms with Gasteiger partial charge in [0.1, 0.15) is 0 Å². The molecule has 0 unspecified atom stereocenters. The summed E-state index contributed by atoms with van der Waals surface area (Å²) < 4.78 is 0. The first-order valence-corrected chi connectivity index (χ1v) is 7.49. The average Bonchev–Trinajstić information content (AvgIpc) is 2.15. The van der Waals surface area contributed by atoms with Gasteiger partial charge in [0.2, 0.25) is 0 Å². The molecule has 0 heterocycles. The quantitative estimate of drug-likeness (QED) is 0.705. The van der Waals surface area contributed by atoms with Crippen molar-refractivity contribution in [1.82, 2.24) is 0 Å². The van der Waals surface area contributed by atoms with Crippen molar-refractivity contribution in [2.75, 3.05) is 0 Å². The highest BCUT2D eigenvalue weighted by atomic mass is 28.1. The van der Waals surface area contributed by atoms with Crippen molar-refractivity contribution in [2.24, 2.45) is 0 Å². The smallest absolute Gasteiger partial charge is 0.0388 e. The van der Waals surface area contributed by atoms with Crippen LogP contribution < -0.4 is 5.19 Å². The van der Waals surface area contributed by atoms with Crippen LogP contribution >= 0.6 is 0 Å². The molecule has 0 radical (unpaired) electrons. The molecule has 0 fully saturated rings. The second-order valence-electron chi connectivity index (χ2n) is 5.76. The topological polar surface area (TPSA) is 0 Å². The van der Waals surface area contributed by atoms with Crippen LogP contribution in [0.15, 0.2) is 12.1 Å². The van der Waals surface area contributed by atoms with E-state index in [4.69, 9.17) is 0 Å². The van der Waals surface area contributed by atoms with Gasteiger partial charge in [-0.3, -0.25) is 0 Å². The van der Waals surface area contributed by atoms with Crippen LogP contribution in [0.2, 0.25) is 0 Å². The Morgan fingerprint density at radius 1 is 0.750 bits per heavy atom. The van der Waals surface area contributed by atoms with Gasteiger partial charge in [0.05, 0.1) is 0 Å². The second-order valence-corrected chi connectivity index (χ2v) is 6.84. The summed E-state index contributed by atoms with van der Waals surface area (Å²) >= 11 is 0. The summed E-state index contributed by atoms with van der Waals surface area (Å²) in [5.41, 5.74) is 4.81. The summed E-state index contributed by atoms with van der Waals surface area (Å²) in [4.78, 5) is 0. The van der Waals surface area contributed by atoms with Gasteiger partial charge in [0.15, 0.2) is 0 Å². The normalized spacial score (nSPS) is 12.1. The van der Waals surface area contributed by atoms with Crippen LogP contribution in [0.3, 0.4) is 0 Å². The Hall–Kier alpha value is -0.563. The Balaban J connectivity index is 3.50. The number of rotatable bonds is 3. The highest BCUT2D eigenvalue weighted by Crippen LogP contribution is 2.31. The average molecular weight is 234 g/mol. The fourth-order valence-corrected chi connectivity index (χ4v) is 3.69. The lowest BCUT2D eigenvalue weighted by atomic mass is 9.83. The Labute approximate surface area is 104 Å². The van der Waals surface area contributed by atoms with E-state index in [1.54, 1.807) is 21.9 Å². The van der Waals surface area contributed by atoms with Crippen LogP contribution in [0.4, 0.5) is 0 Å². The van der Waals surface area contributed by atoms with Crippen LogP contribution in [0, 0.1) is 0 Å². The first kappa shape index (κ1) is 13.5.